The number of piperazine rings is 1. The third-order valence-corrected chi connectivity index (χ3v) is 4.76. The van der Waals surface area contributed by atoms with Crippen molar-refractivity contribution in [3.05, 3.63) is 29.8 Å². The maximum absolute atomic E-state index is 12.7. The average Bonchev–Trinajstić information content (AvgIpc) is 2.90. The van der Waals surface area contributed by atoms with Crippen LogP contribution in [0.25, 0.3) is 0 Å². The van der Waals surface area contributed by atoms with Crippen LogP contribution < -0.4 is 4.90 Å². The van der Waals surface area contributed by atoms with E-state index in [1.165, 1.54) is 24.3 Å². The number of aromatic carboxylic acids is 1. The molecule has 2 saturated heterocycles. The molecule has 8 heteroatoms. The van der Waals surface area contributed by atoms with Crippen molar-refractivity contribution in [1.29, 1.82) is 0 Å². The molecule has 0 radical (unpaired) electrons. The van der Waals surface area contributed by atoms with Gasteiger partial charge in [0.15, 0.2) is 0 Å². The van der Waals surface area contributed by atoms with Gasteiger partial charge in [0.05, 0.1) is 30.3 Å². The number of β-amino-alcohol motifs (C(OH)–C–C–N with tert-alkyl or cyclic N) is 1. The fourth-order valence-electron chi connectivity index (χ4n) is 3.37. The van der Waals surface area contributed by atoms with Crippen molar-refractivity contribution in [2.75, 3.05) is 44.2 Å². The minimum atomic E-state index is -1.05. The molecule has 1 aromatic rings. The SMILES string of the molecule is O=C(O)c1ccc(N2C(=O)C[C@H](N3CCN(CCO)CC3)C2=O)cc1. The number of carboxylic acids is 1. The molecule has 134 valence electrons. The zero-order valence-corrected chi connectivity index (χ0v) is 13.8. The molecule has 0 unspecified atom stereocenters. The van der Waals surface area contributed by atoms with Crippen molar-refractivity contribution < 1.29 is 24.6 Å². The number of imide groups is 1. The third kappa shape index (κ3) is 3.55. The Kier molecular flexibility index (Phi) is 5.12. The Morgan fingerprint density at radius 1 is 1.08 bits per heavy atom. The second kappa shape index (κ2) is 7.30. The smallest absolute Gasteiger partial charge is 0.335 e. The number of aliphatic hydroxyl groups is 1. The van der Waals surface area contributed by atoms with Gasteiger partial charge < -0.3 is 10.2 Å². The van der Waals surface area contributed by atoms with Crippen LogP contribution in [0.15, 0.2) is 24.3 Å². The summed E-state index contributed by atoms with van der Waals surface area (Å²) in [5.41, 5.74) is 0.515. The Morgan fingerprint density at radius 2 is 1.72 bits per heavy atom. The molecule has 2 fully saturated rings. The van der Waals surface area contributed by atoms with Crippen LogP contribution in [0.1, 0.15) is 16.8 Å². The fourth-order valence-corrected chi connectivity index (χ4v) is 3.37. The number of carbonyl (C=O) groups is 3. The Labute approximate surface area is 145 Å². The lowest BCUT2D eigenvalue weighted by atomic mass is 10.1. The van der Waals surface area contributed by atoms with Gasteiger partial charge >= 0.3 is 5.97 Å². The molecule has 2 heterocycles. The van der Waals surface area contributed by atoms with E-state index in [1.54, 1.807) is 0 Å². The number of aliphatic hydroxyl groups excluding tert-OH is 1. The average molecular weight is 347 g/mol. The number of amides is 2. The molecule has 2 N–H and O–H groups in total. The third-order valence-electron chi connectivity index (χ3n) is 4.76. The number of hydrogen-bond donors (Lipinski definition) is 2. The molecule has 0 aliphatic carbocycles. The summed E-state index contributed by atoms with van der Waals surface area (Å²) in [7, 11) is 0. The highest BCUT2D eigenvalue weighted by molar-refractivity contribution is 6.22. The van der Waals surface area contributed by atoms with Crippen LogP contribution in [0.2, 0.25) is 0 Å². The van der Waals surface area contributed by atoms with E-state index in [-0.39, 0.29) is 30.4 Å². The molecule has 2 aliphatic rings. The van der Waals surface area contributed by atoms with E-state index in [9.17, 15) is 14.4 Å². The summed E-state index contributed by atoms with van der Waals surface area (Å²) in [6, 6.07) is 5.28. The fraction of sp³-hybridized carbons (Fsp3) is 0.471. The minimum absolute atomic E-state index is 0.111. The van der Waals surface area contributed by atoms with Gasteiger partial charge in [-0.2, -0.15) is 0 Å². The molecule has 25 heavy (non-hydrogen) atoms. The number of benzene rings is 1. The molecule has 0 bridgehead atoms. The molecule has 0 spiro atoms. The monoisotopic (exact) mass is 347 g/mol. The summed E-state index contributed by atoms with van der Waals surface area (Å²) in [5.74, 6) is -1.58. The first kappa shape index (κ1) is 17.5. The normalized spacial score (nSPS) is 22.6. The highest BCUT2D eigenvalue weighted by atomic mass is 16.4. The Bertz CT molecular complexity index is 667. The highest BCUT2D eigenvalue weighted by Crippen LogP contribution is 2.26. The first-order valence-corrected chi connectivity index (χ1v) is 8.28. The minimum Gasteiger partial charge on any atom is -0.478 e. The first-order chi connectivity index (χ1) is 12.0. The molecule has 0 saturated carbocycles. The van der Waals surface area contributed by atoms with Gasteiger partial charge in [-0.3, -0.25) is 19.4 Å². The topological polar surface area (TPSA) is 101 Å². The maximum atomic E-state index is 12.7. The zero-order valence-electron chi connectivity index (χ0n) is 13.8. The van der Waals surface area contributed by atoms with Crippen molar-refractivity contribution in [2.24, 2.45) is 0 Å². The molecular weight excluding hydrogens is 326 g/mol. The van der Waals surface area contributed by atoms with E-state index in [2.05, 4.69) is 4.90 Å². The summed E-state index contributed by atoms with van der Waals surface area (Å²) < 4.78 is 0. The van der Waals surface area contributed by atoms with Gasteiger partial charge in [-0.25, -0.2) is 9.69 Å². The Hall–Kier alpha value is -2.29. The van der Waals surface area contributed by atoms with Crippen molar-refractivity contribution in [2.45, 2.75) is 12.5 Å². The van der Waals surface area contributed by atoms with Gasteiger partial charge in [0.2, 0.25) is 5.91 Å². The lowest BCUT2D eigenvalue weighted by Gasteiger charge is -2.36. The molecule has 1 atom stereocenters. The van der Waals surface area contributed by atoms with E-state index in [0.29, 0.717) is 25.3 Å². The standard InChI is InChI=1S/C17H21N3O5/c21-10-9-18-5-7-19(8-6-18)14-11-15(22)20(16(14)23)13-3-1-12(2-4-13)17(24)25/h1-4,14,21H,5-11H2,(H,24,25)/t14-/m0/s1. The molecule has 0 aromatic heterocycles. The summed E-state index contributed by atoms with van der Waals surface area (Å²) in [6.45, 7) is 3.59. The van der Waals surface area contributed by atoms with Crippen LogP contribution in [0.5, 0.6) is 0 Å². The number of carboxylic acid groups (broad SMARTS) is 1. The largest absolute Gasteiger partial charge is 0.478 e. The van der Waals surface area contributed by atoms with Crippen LogP contribution >= 0.6 is 0 Å². The number of carbonyl (C=O) groups excluding carboxylic acids is 2. The number of rotatable bonds is 5. The molecule has 2 aliphatic heterocycles. The van der Waals surface area contributed by atoms with Gasteiger partial charge in [0.1, 0.15) is 0 Å². The molecule has 8 nitrogen and oxygen atoms in total. The highest BCUT2D eigenvalue weighted by Gasteiger charge is 2.43. The van der Waals surface area contributed by atoms with Crippen molar-refractivity contribution >= 4 is 23.5 Å². The van der Waals surface area contributed by atoms with E-state index in [1.807, 2.05) is 4.90 Å². The van der Waals surface area contributed by atoms with Crippen LogP contribution in [0.3, 0.4) is 0 Å². The van der Waals surface area contributed by atoms with Gasteiger partial charge in [-0.05, 0) is 24.3 Å². The van der Waals surface area contributed by atoms with Crippen LogP contribution in [0, 0.1) is 0 Å². The van der Waals surface area contributed by atoms with Crippen LogP contribution in [0.4, 0.5) is 5.69 Å². The Balaban J connectivity index is 1.69. The first-order valence-electron chi connectivity index (χ1n) is 8.28. The van der Waals surface area contributed by atoms with Gasteiger partial charge in [-0.1, -0.05) is 0 Å². The molecule has 3 rings (SSSR count). The van der Waals surface area contributed by atoms with E-state index < -0.39 is 12.0 Å². The van der Waals surface area contributed by atoms with E-state index in [4.69, 9.17) is 10.2 Å². The van der Waals surface area contributed by atoms with E-state index in [0.717, 1.165) is 18.0 Å². The van der Waals surface area contributed by atoms with Gasteiger partial charge in [0, 0.05) is 32.7 Å². The number of nitrogens with zero attached hydrogens (tertiary/aromatic N) is 3. The predicted molar refractivity (Wildman–Crippen MR) is 89.4 cm³/mol. The lowest BCUT2D eigenvalue weighted by Crippen LogP contribution is -2.52. The summed E-state index contributed by atoms with van der Waals surface area (Å²) in [4.78, 5) is 41.3. The summed E-state index contributed by atoms with van der Waals surface area (Å²) >= 11 is 0. The predicted octanol–water partition coefficient (Wildman–Crippen LogP) is -0.373. The number of hydrogen-bond acceptors (Lipinski definition) is 6. The van der Waals surface area contributed by atoms with Crippen LogP contribution in [-0.2, 0) is 9.59 Å². The van der Waals surface area contributed by atoms with Gasteiger partial charge in [0.25, 0.3) is 5.91 Å². The zero-order chi connectivity index (χ0) is 18.0. The molecule has 1 aromatic carbocycles. The lowest BCUT2D eigenvalue weighted by molar-refractivity contribution is -0.123. The quantitative estimate of drug-likeness (QED) is 0.701. The van der Waals surface area contributed by atoms with Crippen molar-refractivity contribution in [1.82, 2.24) is 9.80 Å². The Morgan fingerprint density at radius 3 is 2.28 bits per heavy atom. The van der Waals surface area contributed by atoms with Crippen molar-refractivity contribution in [3.8, 4) is 0 Å². The second-order valence-electron chi connectivity index (χ2n) is 6.24. The van der Waals surface area contributed by atoms with Crippen LogP contribution in [-0.4, -0.2) is 83.2 Å². The van der Waals surface area contributed by atoms with E-state index >= 15 is 0 Å². The number of anilines is 1. The summed E-state index contributed by atoms with van der Waals surface area (Å²) in [6.07, 6.45) is 0.138. The molecule has 2 amide bonds. The summed E-state index contributed by atoms with van der Waals surface area (Å²) in [5, 5.41) is 17.9. The second-order valence-corrected chi connectivity index (χ2v) is 6.24. The molecular formula is C17H21N3O5. The van der Waals surface area contributed by atoms with Crippen molar-refractivity contribution in [3.63, 3.8) is 0 Å². The maximum Gasteiger partial charge on any atom is 0.335 e. The van der Waals surface area contributed by atoms with Gasteiger partial charge in [-0.15, -0.1) is 0 Å².